The normalized spacial score (nSPS) is 16.1. The fraction of sp³-hybridized carbons (Fsp3) is 0.556. The first-order chi connectivity index (χ1) is 6.18. The second-order valence-corrected chi connectivity index (χ2v) is 3.55. The van der Waals surface area contributed by atoms with E-state index in [0.717, 1.165) is 12.4 Å². The summed E-state index contributed by atoms with van der Waals surface area (Å²) in [6.07, 6.45) is 3.87. The van der Waals surface area contributed by atoms with Crippen LogP contribution >= 0.6 is 0 Å². The largest absolute Gasteiger partial charge is 0.477 e. The number of hydrogen-bond acceptors (Lipinski definition) is 2. The highest BCUT2D eigenvalue weighted by molar-refractivity contribution is 5.85. The third-order valence-corrected chi connectivity index (χ3v) is 2.41. The molecule has 0 aromatic carbocycles. The average molecular weight is 180 g/mol. The van der Waals surface area contributed by atoms with Gasteiger partial charge >= 0.3 is 5.97 Å². The van der Waals surface area contributed by atoms with Crippen molar-refractivity contribution in [3.63, 3.8) is 0 Å². The van der Waals surface area contributed by atoms with Gasteiger partial charge in [0.05, 0.1) is 6.20 Å². The number of carboxylic acid groups (broad SMARTS) is 1. The second kappa shape index (κ2) is 2.87. The van der Waals surface area contributed by atoms with Gasteiger partial charge in [0, 0.05) is 6.54 Å². The maximum Gasteiger partial charge on any atom is 0.354 e. The van der Waals surface area contributed by atoms with E-state index >= 15 is 0 Å². The van der Waals surface area contributed by atoms with Gasteiger partial charge < -0.3 is 9.67 Å². The van der Waals surface area contributed by atoms with Gasteiger partial charge in [-0.05, 0) is 25.7 Å². The first-order valence-electron chi connectivity index (χ1n) is 4.44. The zero-order valence-electron chi connectivity index (χ0n) is 7.53. The predicted octanol–water partition coefficient (Wildman–Crippen LogP) is 1.30. The number of hydrogen-bond donors (Lipinski definition) is 1. The van der Waals surface area contributed by atoms with Gasteiger partial charge in [0.25, 0.3) is 0 Å². The molecule has 1 aromatic heterocycles. The van der Waals surface area contributed by atoms with Crippen LogP contribution in [0.1, 0.15) is 29.2 Å². The smallest absolute Gasteiger partial charge is 0.354 e. The molecule has 1 fully saturated rings. The summed E-state index contributed by atoms with van der Waals surface area (Å²) in [5.74, 6) is 0.580. The fourth-order valence-electron chi connectivity index (χ4n) is 1.43. The lowest BCUT2D eigenvalue weighted by molar-refractivity contribution is 0.0684. The summed E-state index contributed by atoms with van der Waals surface area (Å²) in [5.41, 5.74) is 0.310. The van der Waals surface area contributed by atoms with E-state index in [0.29, 0.717) is 11.6 Å². The Balaban J connectivity index is 2.27. The number of carboxylic acids is 1. The Labute approximate surface area is 76.2 Å². The molecule has 1 aromatic rings. The summed E-state index contributed by atoms with van der Waals surface area (Å²) in [7, 11) is 0. The Morgan fingerprint density at radius 3 is 3.00 bits per heavy atom. The van der Waals surface area contributed by atoms with E-state index in [1.54, 1.807) is 4.57 Å². The van der Waals surface area contributed by atoms with Gasteiger partial charge in [-0.2, -0.15) is 0 Å². The summed E-state index contributed by atoms with van der Waals surface area (Å²) in [6, 6.07) is 0. The molecule has 70 valence electrons. The molecule has 0 radical (unpaired) electrons. The van der Waals surface area contributed by atoms with Crippen molar-refractivity contribution >= 4 is 5.97 Å². The first-order valence-corrected chi connectivity index (χ1v) is 4.44. The number of rotatable bonds is 3. The van der Waals surface area contributed by atoms with E-state index in [1.165, 1.54) is 19.0 Å². The van der Waals surface area contributed by atoms with Crippen molar-refractivity contribution in [2.75, 3.05) is 0 Å². The van der Waals surface area contributed by atoms with Gasteiger partial charge in [-0.3, -0.25) is 0 Å². The molecule has 0 aliphatic heterocycles. The monoisotopic (exact) mass is 180 g/mol. The van der Waals surface area contributed by atoms with E-state index in [-0.39, 0.29) is 0 Å². The Kier molecular flexibility index (Phi) is 1.83. The molecule has 1 saturated carbocycles. The van der Waals surface area contributed by atoms with Crippen LogP contribution in [0, 0.1) is 12.8 Å². The molecule has 4 heteroatoms. The zero-order chi connectivity index (χ0) is 9.42. The van der Waals surface area contributed by atoms with Crippen LogP contribution in [-0.4, -0.2) is 20.6 Å². The van der Waals surface area contributed by atoms with Crippen molar-refractivity contribution in [2.45, 2.75) is 26.3 Å². The molecule has 2 rings (SSSR count). The molecule has 0 spiro atoms. The van der Waals surface area contributed by atoms with Crippen LogP contribution in [0.4, 0.5) is 0 Å². The van der Waals surface area contributed by atoms with Gasteiger partial charge in [0.15, 0.2) is 0 Å². The summed E-state index contributed by atoms with van der Waals surface area (Å²) in [6.45, 7) is 2.66. The molecule has 1 heterocycles. The van der Waals surface area contributed by atoms with Crippen LogP contribution in [0.15, 0.2) is 6.20 Å². The Morgan fingerprint density at radius 1 is 1.77 bits per heavy atom. The van der Waals surface area contributed by atoms with Gasteiger partial charge in [-0.1, -0.05) is 0 Å². The molecule has 0 bridgehead atoms. The molecule has 0 unspecified atom stereocenters. The highest BCUT2D eigenvalue weighted by Gasteiger charge is 2.24. The first kappa shape index (κ1) is 8.29. The molecule has 13 heavy (non-hydrogen) atoms. The zero-order valence-corrected chi connectivity index (χ0v) is 7.53. The highest BCUT2D eigenvalue weighted by atomic mass is 16.4. The molecule has 4 nitrogen and oxygen atoms in total. The Hall–Kier alpha value is -1.32. The second-order valence-electron chi connectivity index (χ2n) is 3.55. The number of aromatic nitrogens is 2. The summed E-state index contributed by atoms with van der Waals surface area (Å²) < 4.78 is 1.79. The molecule has 1 aliphatic rings. The molecular formula is C9H12N2O2. The fourth-order valence-corrected chi connectivity index (χ4v) is 1.43. The van der Waals surface area contributed by atoms with Gasteiger partial charge in [0.2, 0.25) is 0 Å². The van der Waals surface area contributed by atoms with Gasteiger partial charge in [-0.15, -0.1) is 0 Å². The molecule has 1 N–H and O–H groups in total. The van der Waals surface area contributed by atoms with E-state index in [4.69, 9.17) is 5.11 Å². The van der Waals surface area contributed by atoms with Crippen molar-refractivity contribution in [2.24, 2.45) is 5.92 Å². The predicted molar refractivity (Wildman–Crippen MR) is 46.6 cm³/mol. The average Bonchev–Trinajstić information content (AvgIpc) is 2.78. The van der Waals surface area contributed by atoms with Crippen molar-refractivity contribution in [3.05, 3.63) is 17.7 Å². The molecule has 1 aliphatic carbocycles. The third kappa shape index (κ3) is 1.56. The Bertz CT molecular complexity index is 339. The minimum atomic E-state index is -0.888. The highest BCUT2D eigenvalue weighted by Crippen LogP contribution is 2.31. The third-order valence-electron chi connectivity index (χ3n) is 2.41. The maximum atomic E-state index is 10.8. The van der Waals surface area contributed by atoms with Crippen molar-refractivity contribution in [1.82, 2.24) is 9.55 Å². The van der Waals surface area contributed by atoms with E-state index in [9.17, 15) is 4.79 Å². The summed E-state index contributed by atoms with van der Waals surface area (Å²) in [5, 5.41) is 8.85. The molecule has 0 amide bonds. The minimum Gasteiger partial charge on any atom is -0.477 e. The van der Waals surface area contributed by atoms with Crippen LogP contribution in [0.25, 0.3) is 0 Å². The Morgan fingerprint density at radius 2 is 2.46 bits per heavy atom. The number of nitrogens with zero attached hydrogens (tertiary/aromatic N) is 2. The number of imidazole rings is 1. The molecule has 0 saturated heterocycles. The van der Waals surface area contributed by atoms with Crippen molar-refractivity contribution in [1.29, 1.82) is 0 Å². The minimum absolute atomic E-state index is 0.310. The SMILES string of the molecule is Cc1ncc(C(=O)O)n1CC1CC1. The van der Waals surface area contributed by atoms with Crippen LogP contribution in [0.5, 0.6) is 0 Å². The quantitative estimate of drug-likeness (QED) is 0.762. The lowest BCUT2D eigenvalue weighted by Gasteiger charge is -2.05. The topological polar surface area (TPSA) is 55.1 Å². The van der Waals surface area contributed by atoms with Crippen LogP contribution in [0.2, 0.25) is 0 Å². The van der Waals surface area contributed by atoms with Crippen LogP contribution < -0.4 is 0 Å². The maximum absolute atomic E-state index is 10.8. The van der Waals surface area contributed by atoms with Gasteiger partial charge in [-0.25, -0.2) is 9.78 Å². The molecule has 0 atom stereocenters. The number of aryl methyl sites for hydroxylation is 1. The van der Waals surface area contributed by atoms with E-state index < -0.39 is 5.97 Å². The van der Waals surface area contributed by atoms with Crippen molar-refractivity contribution in [3.8, 4) is 0 Å². The lowest BCUT2D eigenvalue weighted by Crippen LogP contribution is -2.10. The lowest BCUT2D eigenvalue weighted by atomic mass is 10.4. The summed E-state index contributed by atoms with van der Waals surface area (Å²) >= 11 is 0. The van der Waals surface area contributed by atoms with Crippen LogP contribution in [0.3, 0.4) is 0 Å². The standard InChI is InChI=1S/C9H12N2O2/c1-6-10-4-8(9(12)13)11(6)5-7-2-3-7/h4,7H,2-3,5H2,1H3,(H,12,13). The van der Waals surface area contributed by atoms with E-state index in [1.807, 2.05) is 6.92 Å². The summed E-state index contributed by atoms with van der Waals surface area (Å²) in [4.78, 5) is 14.8. The molecular weight excluding hydrogens is 168 g/mol. The number of aromatic carboxylic acids is 1. The van der Waals surface area contributed by atoms with Crippen molar-refractivity contribution < 1.29 is 9.90 Å². The number of carbonyl (C=O) groups is 1. The van der Waals surface area contributed by atoms with Gasteiger partial charge in [0.1, 0.15) is 11.5 Å². The van der Waals surface area contributed by atoms with Crippen LogP contribution in [-0.2, 0) is 6.54 Å². The van der Waals surface area contributed by atoms with E-state index in [2.05, 4.69) is 4.98 Å².